The Morgan fingerprint density at radius 2 is 2.00 bits per heavy atom. The van der Waals surface area contributed by atoms with Gasteiger partial charge in [-0.25, -0.2) is 0 Å². The molecule has 0 aromatic carbocycles. The van der Waals surface area contributed by atoms with Crippen molar-refractivity contribution in [1.29, 1.82) is 0 Å². The van der Waals surface area contributed by atoms with E-state index >= 15 is 0 Å². The van der Waals surface area contributed by atoms with Gasteiger partial charge in [-0.1, -0.05) is 25.6 Å². The van der Waals surface area contributed by atoms with Gasteiger partial charge in [0.25, 0.3) is 0 Å². The fourth-order valence-corrected chi connectivity index (χ4v) is 5.76. The van der Waals surface area contributed by atoms with E-state index in [-0.39, 0.29) is 34.7 Å². The average molecular weight is 356 g/mol. The molecule has 2 rings (SSSR count). The van der Waals surface area contributed by atoms with Gasteiger partial charge in [-0.3, -0.25) is 13.8 Å². The van der Waals surface area contributed by atoms with Gasteiger partial charge in [-0.15, -0.1) is 0 Å². The molecule has 2 heterocycles. The Hall–Kier alpha value is 0.530. The molecule has 0 aliphatic carbocycles. The van der Waals surface area contributed by atoms with Gasteiger partial charge in [0.15, 0.2) is 11.8 Å². The number of nitrogens with zero attached hydrogens (tertiary/aromatic N) is 2. The molecule has 5 nitrogen and oxygen atoms in total. The van der Waals surface area contributed by atoms with Gasteiger partial charge >= 0.3 is 29.6 Å². The Morgan fingerprint density at radius 1 is 1.38 bits per heavy atom. The van der Waals surface area contributed by atoms with Crippen LogP contribution in [0.2, 0.25) is 0 Å². The number of fused-ring (bicyclic) bond motifs is 2. The summed E-state index contributed by atoms with van der Waals surface area (Å²) in [5.41, 5.74) is -1.31. The molecule has 21 heavy (non-hydrogen) atoms. The molecule has 0 aromatic heterocycles. The van der Waals surface area contributed by atoms with Crippen LogP contribution in [0.1, 0.15) is 33.1 Å². The molecular formula is C12H17N2NaO3S3. The summed E-state index contributed by atoms with van der Waals surface area (Å²) in [6.07, 6.45) is 3.54. The molecule has 3 atom stereocenters. The van der Waals surface area contributed by atoms with E-state index in [0.29, 0.717) is 18.6 Å². The number of carbonyl (C=O) groups is 2. The van der Waals surface area contributed by atoms with Crippen molar-refractivity contribution in [2.75, 3.05) is 12.0 Å². The number of thiocarbonyl (C=S) groups is 1. The summed E-state index contributed by atoms with van der Waals surface area (Å²) in [6, 6.07) is 0. The van der Waals surface area contributed by atoms with Crippen LogP contribution in [0.15, 0.2) is 0 Å². The van der Waals surface area contributed by atoms with Gasteiger partial charge in [0, 0.05) is 5.11 Å². The maximum absolute atomic E-state index is 12.7. The Balaban J connectivity index is 0.00000220. The van der Waals surface area contributed by atoms with Gasteiger partial charge in [-0.05, 0) is 31.8 Å². The summed E-state index contributed by atoms with van der Waals surface area (Å²) in [7, 11) is -1.64. The second kappa shape index (κ2) is 6.97. The zero-order valence-corrected chi connectivity index (χ0v) is 17.1. The van der Waals surface area contributed by atoms with Crippen LogP contribution in [0, 0.1) is 5.41 Å². The molecule has 2 aliphatic rings. The standard InChI is InChI=1S/C12H18N2O3S3.Na/c1-4-5-11(2)12(6-7-19-3)8(15)13-10(18)14(9(12)16)20(11)17;/h4-7H2,1-3H3,(H,13,15,18);/q;+1/p-1. The van der Waals surface area contributed by atoms with Gasteiger partial charge in [-0.2, -0.15) is 11.8 Å². The number of thioether (sulfide) groups is 1. The fraction of sp³-hybridized carbons (Fsp3) is 0.750. The smallest absolute Gasteiger partial charge is 0.393 e. The predicted octanol–water partition coefficient (Wildman–Crippen LogP) is -1.01. The summed E-state index contributed by atoms with van der Waals surface area (Å²) in [5, 5.41) is 3.65. The normalized spacial score (nSPS) is 34.7. The molecule has 0 N–H and O–H groups in total. The van der Waals surface area contributed by atoms with Gasteiger partial charge < -0.3 is 9.62 Å². The topological polar surface area (TPSA) is 68.6 Å². The molecule has 2 fully saturated rings. The number of hydrogen-bond acceptors (Lipinski definition) is 5. The number of hydrogen-bond donors (Lipinski definition) is 0. The van der Waals surface area contributed by atoms with Gasteiger partial charge in [0.05, 0.1) is 15.7 Å². The zero-order valence-electron chi connectivity index (χ0n) is 12.7. The van der Waals surface area contributed by atoms with Crippen molar-refractivity contribution in [1.82, 2.24) is 4.31 Å². The second-order valence-corrected chi connectivity index (χ2v) is 8.29. The molecule has 0 aromatic rings. The quantitative estimate of drug-likeness (QED) is 0.359. The largest absolute Gasteiger partial charge is 1.00 e. The maximum atomic E-state index is 12.7. The van der Waals surface area contributed by atoms with Crippen molar-refractivity contribution in [3.63, 3.8) is 0 Å². The van der Waals surface area contributed by atoms with Crippen molar-refractivity contribution < 1.29 is 43.4 Å². The van der Waals surface area contributed by atoms with E-state index in [4.69, 9.17) is 12.2 Å². The molecule has 0 spiro atoms. The van der Waals surface area contributed by atoms with Crippen LogP contribution in [0.4, 0.5) is 0 Å². The number of carbonyl (C=O) groups excluding carboxylic acids is 2. The Labute approximate surface area is 159 Å². The van der Waals surface area contributed by atoms with Gasteiger partial charge in [0.2, 0.25) is 0 Å². The van der Waals surface area contributed by atoms with Crippen LogP contribution in [-0.4, -0.2) is 42.2 Å². The summed E-state index contributed by atoms with van der Waals surface area (Å²) < 4.78 is 12.9. The molecule has 0 saturated carbocycles. The van der Waals surface area contributed by atoms with E-state index in [1.165, 1.54) is 0 Å². The molecule has 2 saturated heterocycles. The molecule has 3 unspecified atom stereocenters. The van der Waals surface area contributed by atoms with Crippen LogP contribution in [0.5, 0.6) is 0 Å². The van der Waals surface area contributed by atoms with Crippen LogP contribution in [0.3, 0.4) is 0 Å². The predicted molar refractivity (Wildman–Crippen MR) is 84.7 cm³/mol. The minimum Gasteiger partial charge on any atom is -0.393 e. The first-order chi connectivity index (χ1) is 9.36. The first-order valence-corrected chi connectivity index (χ1v) is 9.33. The van der Waals surface area contributed by atoms with Gasteiger partial charge in [0.1, 0.15) is 5.41 Å². The maximum Gasteiger partial charge on any atom is 1.00 e. The third kappa shape index (κ3) is 2.55. The first kappa shape index (κ1) is 19.6. The van der Waals surface area contributed by atoms with E-state index in [1.807, 2.05) is 13.2 Å². The Kier molecular flexibility index (Phi) is 6.49. The van der Waals surface area contributed by atoms with E-state index in [1.54, 1.807) is 18.7 Å². The summed E-state index contributed by atoms with van der Waals surface area (Å²) >= 11 is 6.51. The monoisotopic (exact) mass is 356 g/mol. The number of rotatable bonds is 5. The van der Waals surface area contributed by atoms with Crippen molar-refractivity contribution >= 4 is 51.9 Å². The minimum atomic E-state index is -1.64. The Bertz CT molecular complexity index is 516. The fourth-order valence-electron chi connectivity index (χ4n) is 3.04. The molecule has 9 heteroatoms. The number of amides is 2. The molecule has 2 amide bonds. The minimum absolute atomic E-state index is 0. The van der Waals surface area contributed by atoms with E-state index in [0.717, 1.165) is 10.7 Å². The molecule has 0 radical (unpaired) electrons. The van der Waals surface area contributed by atoms with Crippen molar-refractivity contribution in [3.05, 3.63) is 5.32 Å². The third-order valence-corrected chi connectivity index (χ3v) is 7.14. The van der Waals surface area contributed by atoms with Crippen LogP contribution < -0.4 is 29.6 Å². The van der Waals surface area contributed by atoms with Crippen molar-refractivity contribution in [2.45, 2.75) is 37.9 Å². The molecular weight excluding hydrogens is 339 g/mol. The molecule has 112 valence electrons. The van der Waals surface area contributed by atoms with Crippen molar-refractivity contribution in [3.8, 4) is 0 Å². The van der Waals surface area contributed by atoms with E-state index in [9.17, 15) is 13.8 Å². The summed E-state index contributed by atoms with van der Waals surface area (Å²) in [6.45, 7) is 3.71. The van der Waals surface area contributed by atoms with E-state index in [2.05, 4.69) is 5.32 Å². The zero-order chi connectivity index (χ0) is 15.1. The second-order valence-electron chi connectivity index (χ2n) is 5.18. The van der Waals surface area contributed by atoms with Crippen LogP contribution >= 0.6 is 24.0 Å². The molecule has 2 aliphatic heterocycles. The summed E-state index contributed by atoms with van der Waals surface area (Å²) in [4.78, 5) is 25.2. The third-order valence-electron chi connectivity index (χ3n) is 4.15. The SMILES string of the molecule is CCCC1(C)S(=O)N2C(=O)C1(CCSC)C(=O)[N-]C2=S.[Na+]. The van der Waals surface area contributed by atoms with Crippen LogP contribution in [-0.2, 0) is 20.6 Å². The Morgan fingerprint density at radius 3 is 2.52 bits per heavy atom. The summed E-state index contributed by atoms with van der Waals surface area (Å²) in [5.74, 6) is -0.296. The average Bonchev–Trinajstić information content (AvgIpc) is 2.50. The van der Waals surface area contributed by atoms with E-state index < -0.39 is 33.0 Å². The van der Waals surface area contributed by atoms with Crippen molar-refractivity contribution in [2.24, 2.45) is 5.41 Å². The van der Waals surface area contributed by atoms with Crippen LogP contribution in [0.25, 0.3) is 5.32 Å². The first-order valence-electron chi connectivity index (χ1n) is 6.42. The molecule has 2 bridgehead atoms.